The second kappa shape index (κ2) is 7.49. The number of ether oxygens (including phenoxy) is 1. The van der Waals surface area contributed by atoms with E-state index in [0.717, 1.165) is 27.8 Å². The molecule has 7 heteroatoms. The Morgan fingerprint density at radius 2 is 1.52 bits per heavy atom. The van der Waals surface area contributed by atoms with Crippen LogP contribution in [0.1, 0.15) is 27.8 Å². The zero-order valence-electron chi connectivity index (χ0n) is 14.5. The highest BCUT2D eigenvalue weighted by atomic mass is 35.5. The number of rotatable bonds is 3. The van der Waals surface area contributed by atoms with Crippen LogP contribution in [0.5, 0.6) is 0 Å². The first-order valence-corrected chi connectivity index (χ1v) is 9.04. The largest absolute Gasteiger partial charge is 0.374 e. The maximum Gasteiger partial charge on any atom is 0.243 e. The molecule has 1 saturated heterocycles. The molecule has 23 heavy (non-hydrogen) atoms. The second-order valence-electron chi connectivity index (χ2n) is 6.05. The van der Waals surface area contributed by atoms with Gasteiger partial charge >= 0.3 is 0 Å². The molecule has 0 aromatic heterocycles. The third-order valence-electron chi connectivity index (χ3n) is 4.89. The van der Waals surface area contributed by atoms with E-state index in [-0.39, 0.29) is 18.5 Å². The van der Waals surface area contributed by atoms with Gasteiger partial charge in [-0.2, -0.15) is 4.31 Å². The fourth-order valence-electron chi connectivity index (χ4n) is 3.03. The first kappa shape index (κ1) is 20.4. The van der Waals surface area contributed by atoms with Crippen LogP contribution in [0.4, 0.5) is 0 Å². The van der Waals surface area contributed by atoms with Gasteiger partial charge in [-0.1, -0.05) is 0 Å². The summed E-state index contributed by atoms with van der Waals surface area (Å²) < 4.78 is 33.3. The molecule has 132 valence electrons. The van der Waals surface area contributed by atoms with Crippen LogP contribution in [-0.4, -0.2) is 45.1 Å². The van der Waals surface area contributed by atoms with Crippen molar-refractivity contribution in [2.75, 3.05) is 26.2 Å². The standard InChI is InChI=1S/C16H26N2O3S.ClH/c1-10-11(2)13(4)16(14(5)12(10)3)22(19,20)18-6-7-21-15(8-17)9-18;/h15H,6-9,17H2,1-5H3;1H. The van der Waals surface area contributed by atoms with Gasteiger partial charge in [-0.25, -0.2) is 8.42 Å². The maximum absolute atomic E-state index is 13.1. The molecule has 1 aromatic rings. The Morgan fingerprint density at radius 3 is 2.00 bits per heavy atom. The van der Waals surface area contributed by atoms with Gasteiger partial charge in [0.1, 0.15) is 0 Å². The monoisotopic (exact) mass is 362 g/mol. The topological polar surface area (TPSA) is 72.6 Å². The van der Waals surface area contributed by atoms with Crippen molar-refractivity contribution in [3.8, 4) is 0 Å². The number of hydrogen-bond donors (Lipinski definition) is 1. The summed E-state index contributed by atoms with van der Waals surface area (Å²) in [6, 6.07) is 0. The zero-order chi connectivity index (χ0) is 16.7. The smallest absolute Gasteiger partial charge is 0.243 e. The van der Waals surface area contributed by atoms with E-state index >= 15 is 0 Å². The number of halogens is 1. The number of benzene rings is 1. The van der Waals surface area contributed by atoms with Crippen LogP contribution in [0.25, 0.3) is 0 Å². The summed E-state index contributed by atoms with van der Waals surface area (Å²) in [5.41, 5.74) is 10.6. The van der Waals surface area contributed by atoms with Crippen LogP contribution in [0, 0.1) is 34.6 Å². The van der Waals surface area contributed by atoms with Crippen LogP contribution in [0.15, 0.2) is 4.90 Å². The SMILES string of the molecule is Cc1c(C)c(C)c(S(=O)(=O)N2CCOC(CN)C2)c(C)c1C.Cl. The first-order chi connectivity index (χ1) is 10.2. The summed E-state index contributed by atoms with van der Waals surface area (Å²) in [5.74, 6) is 0. The van der Waals surface area contributed by atoms with E-state index in [1.165, 1.54) is 4.31 Å². The molecule has 1 fully saturated rings. The van der Waals surface area contributed by atoms with Crippen molar-refractivity contribution >= 4 is 22.4 Å². The number of hydrogen-bond acceptors (Lipinski definition) is 4. The molecular weight excluding hydrogens is 336 g/mol. The summed E-state index contributed by atoms with van der Waals surface area (Å²) >= 11 is 0. The third-order valence-corrected chi connectivity index (χ3v) is 7.03. The number of nitrogens with two attached hydrogens (primary N) is 1. The van der Waals surface area contributed by atoms with E-state index in [1.807, 2.05) is 34.6 Å². The summed E-state index contributed by atoms with van der Waals surface area (Å²) in [4.78, 5) is 0.450. The van der Waals surface area contributed by atoms with Gasteiger partial charge in [0.2, 0.25) is 10.0 Å². The molecule has 2 rings (SSSR count). The molecule has 0 spiro atoms. The molecule has 0 radical (unpaired) electrons. The Balaban J connectivity index is 0.00000264. The Morgan fingerprint density at radius 1 is 1.04 bits per heavy atom. The minimum Gasteiger partial charge on any atom is -0.374 e. The van der Waals surface area contributed by atoms with Gasteiger partial charge in [-0.05, 0) is 62.4 Å². The van der Waals surface area contributed by atoms with Crippen molar-refractivity contribution in [2.45, 2.75) is 45.6 Å². The van der Waals surface area contributed by atoms with Gasteiger partial charge in [0.05, 0.1) is 17.6 Å². The highest BCUT2D eigenvalue weighted by molar-refractivity contribution is 7.89. The summed E-state index contributed by atoms with van der Waals surface area (Å²) in [6.07, 6.45) is -0.225. The number of morpholine rings is 1. The lowest BCUT2D eigenvalue weighted by Crippen LogP contribution is -2.48. The van der Waals surface area contributed by atoms with Crippen LogP contribution < -0.4 is 5.73 Å². The summed E-state index contributed by atoms with van der Waals surface area (Å²) in [6.45, 7) is 11.2. The molecule has 1 heterocycles. The number of nitrogens with zero attached hydrogens (tertiary/aromatic N) is 1. The van der Waals surface area contributed by atoms with Crippen molar-refractivity contribution in [1.29, 1.82) is 0 Å². The van der Waals surface area contributed by atoms with Crippen LogP contribution >= 0.6 is 12.4 Å². The Bertz CT molecular complexity index is 660. The van der Waals surface area contributed by atoms with E-state index in [2.05, 4.69) is 0 Å². The molecule has 0 bridgehead atoms. The van der Waals surface area contributed by atoms with Crippen molar-refractivity contribution < 1.29 is 13.2 Å². The quantitative estimate of drug-likeness (QED) is 0.892. The minimum atomic E-state index is -3.53. The molecule has 0 amide bonds. The lowest BCUT2D eigenvalue weighted by molar-refractivity contribution is 0.00448. The van der Waals surface area contributed by atoms with Crippen molar-refractivity contribution in [2.24, 2.45) is 5.73 Å². The summed E-state index contributed by atoms with van der Waals surface area (Å²) in [7, 11) is -3.53. The Hall–Kier alpha value is -0.660. The molecule has 1 atom stereocenters. The van der Waals surface area contributed by atoms with E-state index in [4.69, 9.17) is 10.5 Å². The molecule has 0 saturated carbocycles. The fraction of sp³-hybridized carbons (Fsp3) is 0.625. The molecule has 2 N–H and O–H groups in total. The van der Waals surface area contributed by atoms with Crippen LogP contribution in [0.3, 0.4) is 0 Å². The fourth-order valence-corrected chi connectivity index (χ4v) is 5.05. The van der Waals surface area contributed by atoms with Crippen molar-refractivity contribution in [1.82, 2.24) is 4.31 Å². The van der Waals surface area contributed by atoms with Gasteiger partial charge < -0.3 is 10.5 Å². The molecule has 1 aromatic carbocycles. The van der Waals surface area contributed by atoms with Gasteiger partial charge in [-0.3, -0.25) is 0 Å². The average Bonchev–Trinajstić information content (AvgIpc) is 2.51. The zero-order valence-corrected chi connectivity index (χ0v) is 16.1. The molecule has 0 aliphatic carbocycles. The van der Waals surface area contributed by atoms with E-state index in [0.29, 0.717) is 31.1 Å². The van der Waals surface area contributed by atoms with Gasteiger partial charge in [0.15, 0.2) is 0 Å². The van der Waals surface area contributed by atoms with E-state index in [1.54, 1.807) is 0 Å². The van der Waals surface area contributed by atoms with Gasteiger partial charge in [0.25, 0.3) is 0 Å². The van der Waals surface area contributed by atoms with Gasteiger partial charge in [0, 0.05) is 19.6 Å². The number of sulfonamides is 1. The Kier molecular flexibility index (Phi) is 6.64. The second-order valence-corrected chi connectivity index (χ2v) is 7.92. The van der Waals surface area contributed by atoms with Gasteiger partial charge in [-0.15, -0.1) is 12.4 Å². The predicted molar refractivity (Wildman–Crippen MR) is 94.9 cm³/mol. The molecule has 1 aliphatic heterocycles. The molecule has 1 aliphatic rings. The molecule has 1 unspecified atom stereocenters. The van der Waals surface area contributed by atoms with E-state index in [9.17, 15) is 8.42 Å². The van der Waals surface area contributed by atoms with Crippen molar-refractivity contribution in [3.63, 3.8) is 0 Å². The molecule has 5 nitrogen and oxygen atoms in total. The lowest BCUT2D eigenvalue weighted by Gasteiger charge is -2.33. The predicted octanol–water partition coefficient (Wildman–Crippen LogP) is 2.00. The minimum absolute atomic E-state index is 0. The first-order valence-electron chi connectivity index (χ1n) is 7.60. The summed E-state index contributed by atoms with van der Waals surface area (Å²) in [5, 5.41) is 0. The maximum atomic E-state index is 13.1. The Labute approximate surface area is 145 Å². The van der Waals surface area contributed by atoms with E-state index < -0.39 is 10.0 Å². The lowest BCUT2D eigenvalue weighted by atomic mass is 9.95. The third kappa shape index (κ3) is 3.56. The average molecular weight is 363 g/mol. The molecular formula is C16H27ClN2O3S. The highest BCUT2D eigenvalue weighted by Crippen LogP contribution is 2.32. The highest BCUT2D eigenvalue weighted by Gasteiger charge is 2.33. The van der Waals surface area contributed by atoms with Crippen LogP contribution in [-0.2, 0) is 14.8 Å². The normalized spacial score (nSPS) is 19.5. The van der Waals surface area contributed by atoms with Crippen LogP contribution in [0.2, 0.25) is 0 Å². The van der Waals surface area contributed by atoms with Crippen molar-refractivity contribution in [3.05, 3.63) is 27.8 Å².